The van der Waals surface area contributed by atoms with Crippen molar-refractivity contribution in [1.82, 2.24) is 4.90 Å². The zero-order valence-corrected chi connectivity index (χ0v) is 12.7. The van der Waals surface area contributed by atoms with E-state index >= 15 is 0 Å². The summed E-state index contributed by atoms with van der Waals surface area (Å²) in [6.07, 6.45) is 1.65. The molecule has 0 spiro atoms. The molecule has 0 bridgehead atoms. The summed E-state index contributed by atoms with van der Waals surface area (Å²) < 4.78 is 0. The highest BCUT2D eigenvalue weighted by Crippen LogP contribution is 2.23. The van der Waals surface area contributed by atoms with Crippen molar-refractivity contribution in [1.29, 1.82) is 0 Å². The molecule has 2 atom stereocenters. The number of hydrogen-bond acceptors (Lipinski definition) is 3. The molecule has 3 heteroatoms. The van der Waals surface area contributed by atoms with E-state index in [2.05, 4.69) is 17.9 Å². The molecule has 1 aromatic carbocycles. The van der Waals surface area contributed by atoms with Crippen LogP contribution in [0.15, 0.2) is 18.2 Å². The van der Waals surface area contributed by atoms with E-state index in [-0.39, 0.29) is 18.4 Å². The van der Waals surface area contributed by atoms with Gasteiger partial charge in [-0.25, -0.2) is 0 Å². The first-order chi connectivity index (χ1) is 9.51. The standard InChI is InChI=1S/C17H25NO2/c1-12-8-13(2)10-15(9-12)17(20)5-7-18-6-4-14(3)16(18)11-19/h8-10,14,16,19H,4-7,11H2,1-3H3. The number of nitrogens with zero attached hydrogens (tertiary/aromatic N) is 1. The minimum atomic E-state index is 0.193. The number of benzene rings is 1. The van der Waals surface area contributed by atoms with Gasteiger partial charge < -0.3 is 5.11 Å². The van der Waals surface area contributed by atoms with E-state index in [1.807, 2.05) is 26.0 Å². The molecule has 1 fully saturated rings. The van der Waals surface area contributed by atoms with Crippen molar-refractivity contribution < 1.29 is 9.90 Å². The molecule has 2 unspecified atom stereocenters. The second-order valence-corrected chi connectivity index (χ2v) is 6.10. The third-order valence-electron chi connectivity index (χ3n) is 4.35. The molecule has 1 saturated heterocycles. The molecule has 110 valence electrons. The summed E-state index contributed by atoms with van der Waals surface area (Å²) in [6.45, 7) is 8.15. The van der Waals surface area contributed by atoms with Crippen molar-refractivity contribution in [2.24, 2.45) is 5.92 Å². The first-order valence-corrected chi connectivity index (χ1v) is 7.47. The highest BCUT2D eigenvalue weighted by molar-refractivity contribution is 5.96. The number of carbonyl (C=O) groups excluding carboxylic acids is 1. The molecule has 20 heavy (non-hydrogen) atoms. The molecule has 1 aliphatic rings. The Bertz CT molecular complexity index is 464. The van der Waals surface area contributed by atoms with Gasteiger partial charge in [0.15, 0.2) is 5.78 Å². The molecular weight excluding hydrogens is 250 g/mol. The van der Waals surface area contributed by atoms with Crippen LogP contribution in [-0.2, 0) is 0 Å². The predicted molar refractivity (Wildman–Crippen MR) is 81.1 cm³/mol. The Morgan fingerprint density at radius 3 is 2.55 bits per heavy atom. The quantitative estimate of drug-likeness (QED) is 0.840. The zero-order chi connectivity index (χ0) is 14.7. The van der Waals surface area contributed by atoms with Crippen LogP contribution in [0, 0.1) is 19.8 Å². The average Bonchev–Trinajstić information content (AvgIpc) is 2.75. The Balaban J connectivity index is 1.95. The Kier molecular flexibility index (Phi) is 4.95. The first kappa shape index (κ1) is 15.2. The largest absolute Gasteiger partial charge is 0.395 e. The third-order valence-corrected chi connectivity index (χ3v) is 4.35. The van der Waals surface area contributed by atoms with E-state index in [4.69, 9.17) is 0 Å². The molecule has 0 aliphatic carbocycles. The summed E-state index contributed by atoms with van der Waals surface area (Å²) in [5.41, 5.74) is 3.09. The van der Waals surface area contributed by atoms with E-state index in [0.29, 0.717) is 12.3 Å². The highest BCUT2D eigenvalue weighted by atomic mass is 16.3. The first-order valence-electron chi connectivity index (χ1n) is 7.47. The maximum absolute atomic E-state index is 12.3. The lowest BCUT2D eigenvalue weighted by Gasteiger charge is -2.24. The molecule has 3 nitrogen and oxygen atoms in total. The van der Waals surface area contributed by atoms with Gasteiger partial charge in [-0.15, -0.1) is 0 Å². The van der Waals surface area contributed by atoms with Crippen LogP contribution in [0.3, 0.4) is 0 Å². The van der Waals surface area contributed by atoms with E-state index in [1.165, 1.54) is 0 Å². The summed E-state index contributed by atoms with van der Waals surface area (Å²) in [5.74, 6) is 0.726. The molecule has 0 amide bonds. The predicted octanol–water partition coefficient (Wildman–Crippen LogP) is 2.58. The van der Waals surface area contributed by atoms with Gasteiger partial charge in [0, 0.05) is 24.6 Å². The SMILES string of the molecule is Cc1cc(C)cc(C(=O)CCN2CCC(C)C2CO)c1. The van der Waals surface area contributed by atoms with E-state index in [9.17, 15) is 9.90 Å². The van der Waals surface area contributed by atoms with Crippen LogP contribution >= 0.6 is 0 Å². The fraction of sp³-hybridized carbons (Fsp3) is 0.588. The Labute approximate surface area is 121 Å². The molecule has 1 heterocycles. The molecular formula is C17H25NO2. The van der Waals surface area contributed by atoms with Crippen LogP contribution in [0.4, 0.5) is 0 Å². The third kappa shape index (κ3) is 3.47. The van der Waals surface area contributed by atoms with Gasteiger partial charge in [0.25, 0.3) is 0 Å². The van der Waals surface area contributed by atoms with Gasteiger partial charge in [-0.05, 0) is 44.9 Å². The van der Waals surface area contributed by atoms with E-state index < -0.39 is 0 Å². The fourth-order valence-electron chi connectivity index (χ4n) is 3.19. The molecule has 0 aromatic heterocycles. The lowest BCUT2D eigenvalue weighted by molar-refractivity contribution is 0.0933. The second kappa shape index (κ2) is 6.51. The van der Waals surface area contributed by atoms with Crippen LogP contribution in [0.25, 0.3) is 0 Å². The highest BCUT2D eigenvalue weighted by Gasteiger charge is 2.30. The summed E-state index contributed by atoms with van der Waals surface area (Å²) in [5, 5.41) is 9.44. The number of aliphatic hydroxyl groups is 1. The lowest BCUT2D eigenvalue weighted by Crippen LogP contribution is -2.36. The topological polar surface area (TPSA) is 40.5 Å². The number of carbonyl (C=O) groups is 1. The van der Waals surface area contributed by atoms with Crippen LogP contribution < -0.4 is 0 Å². The number of aliphatic hydroxyl groups excluding tert-OH is 1. The number of rotatable bonds is 5. The van der Waals surface area contributed by atoms with Crippen molar-refractivity contribution >= 4 is 5.78 Å². The number of likely N-dealkylation sites (tertiary alicyclic amines) is 1. The van der Waals surface area contributed by atoms with Crippen molar-refractivity contribution in [2.45, 2.75) is 39.7 Å². The molecule has 1 N–H and O–H groups in total. The van der Waals surface area contributed by atoms with Gasteiger partial charge >= 0.3 is 0 Å². The number of ketones is 1. The van der Waals surface area contributed by atoms with Crippen LogP contribution in [-0.4, -0.2) is 41.5 Å². The van der Waals surface area contributed by atoms with Crippen LogP contribution in [0.1, 0.15) is 41.3 Å². The Morgan fingerprint density at radius 1 is 1.30 bits per heavy atom. The van der Waals surface area contributed by atoms with Crippen molar-refractivity contribution in [2.75, 3.05) is 19.7 Å². The van der Waals surface area contributed by atoms with Gasteiger partial charge in [-0.2, -0.15) is 0 Å². The summed E-state index contributed by atoms with van der Waals surface area (Å²) in [6, 6.07) is 6.24. The van der Waals surface area contributed by atoms with Crippen molar-refractivity contribution in [3.8, 4) is 0 Å². The van der Waals surface area contributed by atoms with Gasteiger partial charge in [0.1, 0.15) is 0 Å². The van der Waals surface area contributed by atoms with E-state index in [1.54, 1.807) is 0 Å². The molecule has 2 rings (SSSR count). The maximum atomic E-state index is 12.3. The Hall–Kier alpha value is -1.19. The minimum Gasteiger partial charge on any atom is -0.395 e. The number of aryl methyl sites for hydroxylation is 2. The molecule has 0 radical (unpaired) electrons. The van der Waals surface area contributed by atoms with Gasteiger partial charge in [0.2, 0.25) is 0 Å². The summed E-state index contributed by atoms with van der Waals surface area (Å²) in [4.78, 5) is 14.5. The van der Waals surface area contributed by atoms with Crippen molar-refractivity contribution in [3.05, 3.63) is 34.9 Å². The molecule has 1 aromatic rings. The molecule has 0 saturated carbocycles. The second-order valence-electron chi connectivity index (χ2n) is 6.10. The normalized spacial score (nSPS) is 23.2. The van der Waals surface area contributed by atoms with E-state index in [0.717, 1.165) is 36.2 Å². The van der Waals surface area contributed by atoms with Crippen LogP contribution in [0.5, 0.6) is 0 Å². The van der Waals surface area contributed by atoms with Gasteiger partial charge in [-0.1, -0.05) is 24.1 Å². The lowest BCUT2D eigenvalue weighted by atomic mass is 10.0. The summed E-state index contributed by atoms with van der Waals surface area (Å²) >= 11 is 0. The zero-order valence-electron chi connectivity index (χ0n) is 12.7. The van der Waals surface area contributed by atoms with Crippen LogP contribution in [0.2, 0.25) is 0 Å². The van der Waals surface area contributed by atoms with Gasteiger partial charge in [0.05, 0.1) is 6.61 Å². The molecule has 1 aliphatic heterocycles. The number of hydrogen-bond donors (Lipinski definition) is 1. The summed E-state index contributed by atoms with van der Waals surface area (Å²) in [7, 11) is 0. The number of Topliss-reactive ketones (excluding diaryl/α,β-unsaturated/α-hetero) is 1. The Morgan fingerprint density at radius 2 is 1.95 bits per heavy atom. The smallest absolute Gasteiger partial charge is 0.164 e. The maximum Gasteiger partial charge on any atom is 0.164 e. The average molecular weight is 275 g/mol. The van der Waals surface area contributed by atoms with Crippen molar-refractivity contribution in [3.63, 3.8) is 0 Å². The monoisotopic (exact) mass is 275 g/mol. The fourth-order valence-corrected chi connectivity index (χ4v) is 3.19. The van der Waals surface area contributed by atoms with Gasteiger partial charge in [-0.3, -0.25) is 9.69 Å². The minimum absolute atomic E-state index is 0.193.